The number of rotatable bonds is 4. The molecule has 1 aromatic carbocycles. The molecule has 1 heterocycles. The summed E-state index contributed by atoms with van der Waals surface area (Å²) in [6.45, 7) is 4.10. The summed E-state index contributed by atoms with van der Waals surface area (Å²) < 4.78 is 1.44. The average Bonchev–Trinajstić information content (AvgIpc) is 2.43. The maximum absolute atomic E-state index is 12.0. The highest BCUT2D eigenvalue weighted by Crippen LogP contribution is 2.13. The number of nitrogens with one attached hydrogen (secondary N) is 1. The third-order valence-electron chi connectivity index (χ3n) is 3.52. The standard InChI is InChI=1S/C17H20N2O2/c1-12-6-7-14(13(2)11-12)8-9-16(20)18-15-5-4-10-19(3)17(15)21/h4-7,10-11H,8-9H2,1-3H3,(H,18,20). The van der Waals surface area contributed by atoms with Crippen molar-refractivity contribution in [2.45, 2.75) is 26.7 Å². The minimum absolute atomic E-state index is 0.140. The number of nitrogens with zero attached hydrogens (tertiary/aromatic N) is 1. The Balaban J connectivity index is 1.99. The summed E-state index contributed by atoms with van der Waals surface area (Å²) in [6.07, 6.45) is 2.70. The SMILES string of the molecule is Cc1ccc(CCC(=O)Nc2cccn(C)c2=O)c(C)c1. The highest BCUT2D eigenvalue weighted by atomic mass is 16.2. The molecule has 0 aliphatic carbocycles. The summed E-state index contributed by atoms with van der Waals surface area (Å²) in [7, 11) is 1.66. The van der Waals surface area contributed by atoms with E-state index in [4.69, 9.17) is 0 Å². The number of carbonyl (C=O) groups is 1. The third kappa shape index (κ3) is 3.81. The van der Waals surface area contributed by atoms with Gasteiger partial charge >= 0.3 is 0 Å². The number of amides is 1. The van der Waals surface area contributed by atoms with Gasteiger partial charge in [-0.05, 0) is 43.5 Å². The summed E-state index contributed by atoms with van der Waals surface area (Å²) in [6, 6.07) is 9.57. The third-order valence-corrected chi connectivity index (χ3v) is 3.52. The van der Waals surface area contributed by atoms with E-state index in [0.717, 1.165) is 5.56 Å². The molecule has 110 valence electrons. The molecule has 0 spiro atoms. The molecule has 4 nitrogen and oxygen atoms in total. The Hall–Kier alpha value is -2.36. The molecule has 1 aromatic heterocycles. The number of aromatic nitrogens is 1. The quantitative estimate of drug-likeness (QED) is 0.938. The molecule has 1 amide bonds. The lowest BCUT2D eigenvalue weighted by atomic mass is 10.0. The van der Waals surface area contributed by atoms with E-state index >= 15 is 0 Å². The van der Waals surface area contributed by atoms with Crippen LogP contribution in [0.4, 0.5) is 5.69 Å². The van der Waals surface area contributed by atoms with E-state index in [9.17, 15) is 9.59 Å². The van der Waals surface area contributed by atoms with Gasteiger partial charge in [-0.25, -0.2) is 0 Å². The molecule has 0 saturated heterocycles. The van der Waals surface area contributed by atoms with E-state index in [2.05, 4.69) is 24.4 Å². The zero-order chi connectivity index (χ0) is 15.4. The van der Waals surface area contributed by atoms with Crippen LogP contribution in [0.2, 0.25) is 0 Å². The fraction of sp³-hybridized carbons (Fsp3) is 0.294. The van der Waals surface area contributed by atoms with Gasteiger partial charge in [0.25, 0.3) is 5.56 Å². The van der Waals surface area contributed by atoms with Crippen molar-refractivity contribution in [2.24, 2.45) is 7.05 Å². The van der Waals surface area contributed by atoms with Crippen molar-refractivity contribution in [1.29, 1.82) is 0 Å². The van der Waals surface area contributed by atoms with Crippen molar-refractivity contribution >= 4 is 11.6 Å². The minimum atomic E-state index is -0.197. The Morgan fingerprint density at radius 3 is 2.71 bits per heavy atom. The van der Waals surface area contributed by atoms with E-state index < -0.39 is 0 Å². The number of hydrogen-bond acceptors (Lipinski definition) is 2. The molecule has 2 rings (SSSR count). The van der Waals surface area contributed by atoms with E-state index in [0.29, 0.717) is 18.5 Å². The highest BCUT2D eigenvalue weighted by Gasteiger charge is 2.07. The largest absolute Gasteiger partial charge is 0.321 e. The molecule has 0 radical (unpaired) electrons. The van der Waals surface area contributed by atoms with Crippen LogP contribution in [-0.2, 0) is 18.3 Å². The van der Waals surface area contributed by atoms with Gasteiger partial charge in [-0.15, -0.1) is 0 Å². The first kappa shape index (κ1) is 15.0. The molecule has 4 heteroatoms. The molecule has 0 unspecified atom stereocenters. The van der Waals surface area contributed by atoms with Gasteiger partial charge in [0.05, 0.1) is 0 Å². The van der Waals surface area contributed by atoms with Crippen LogP contribution in [0.1, 0.15) is 23.1 Å². The van der Waals surface area contributed by atoms with Crippen LogP contribution >= 0.6 is 0 Å². The summed E-state index contributed by atoms with van der Waals surface area (Å²) in [5.41, 5.74) is 3.70. The zero-order valence-electron chi connectivity index (χ0n) is 12.6. The minimum Gasteiger partial charge on any atom is -0.321 e. The molecule has 0 aliphatic rings. The summed E-state index contributed by atoms with van der Waals surface area (Å²) >= 11 is 0. The van der Waals surface area contributed by atoms with Crippen LogP contribution < -0.4 is 10.9 Å². The maximum Gasteiger partial charge on any atom is 0.274 e. The zero-order valence-corrected chi connectivity index (χ0v) is 12.6. The molecule has 0 atom stereocenters. The lowest BCUT2D eigenvalue weighted by Crippen LogP contribution is -2.23. The van der Waals surface area contributed by atoms with Crippen molar-refractivity contribution in [3.05, 3.63) is 63.6 Å². The van der Waals surface area contributed by atoms with Gasteiger partial charge < -0.3 is 9.88 Å². The van der Waals surface area contributed by atoms with Gasteiger partial charge in [-0.2, -0.15) is 0 Å². The van der Waals surface area contributed by atoms with Crippen molar-refractivity contribution in [1.82, 2.24) is 4.57 Å². The molecular formula is C17H20N2O2. The predicted octanol–water partition coefficient (Wildman–Crippen LogP) is 2.57. The Bertz CT molecular complexity index is 717. The second kappa shape index (κ2) is 6.39. The van der Waals surface area contributed by atoms with Crippen molar-refractivity contribution in [2.75, 3.05) is 5.32 Å². The number of hydrogen-bond donors (Lipinski definition) is 1. The van der Waals surface area contributed by atoms with E-state index in [-0.39, 0.29) is 11.5 Å². The second-order valence-electron chi connectivity index (χ2n) is 5.32. The van der Waals surface area contributed by atoms with Gasteiger partial charge in [-0.3, -0.25) is 9.59 Å². The summed E-state index contributed by atoms with van der Waals surface area (Å²) in [4.78, 5) is 23.8. The molecule has 21 heavy (non-hydrogen) atoms. The van der Waals surface area contributed by atoms with Crippen molar-refractivity contribution in [3.8, 4) is 0 Å². The average molecular weight is 284 g/mol. The first-order chi connectivity index (χ1) is 9.97. The lowest BCUT2D eigenvalue weighted by Gasteiger charge is -2.08. The van der Waals surface area contributed by atoms with Crippen LogP contribution in [0.5, 0.6) is 0 Å². The normalized spacial score (nSPS) is 10.4. The summed E-state index contributed by atoms with van der Waals surface area (Å²) in [5, 5.41) is 2.68. The van der Waals surface area contributed by atoms with Gasteiger partial charge in [0.15, 0.2) is 0 Å². The monoisotopic (exact) mass is 284 g/mol. The fourth-order valence-corrected chi connectivity index (χ4v) is 2.28. The van der Waals surface area contributed by atoms with Crippen LogP contribution in [0.25, 0.3) is 0 Å². The van der Waals surface area contributed by atoms with Crippen molar-refractivity contribution in [3.63, 3.8) is 0 Å². The first-order valence-corrected chi connectivity index (χ1v) is 6.99. The highest BCUT2D eigenvalue weighted by molar-refractivity contribution is 5.90. The fourth-order valence-electron chi connectivity index (χ4n) is 2.28. The molecule has 0 fully saturated rings. The molecule has 0 bridgehead atoms. The summed E-state index contributed by atoms with van der Waals surface area (Å²) in [5.74, 6) is -0.140. The van der Waals surface area contributed by atoms with Crippen LogP contribution in [0, 0.1) is 13.8 Å². The van der Waals surface area contributed by atoms with Crippen molar-refractivity contribution < 1.29 is 4.79 Å². The first-order valence-electron chi connectivity index (χ1n) is 6.99. The van der Waals surface area contributed by atoms with E-state index in [1.54, 1.807) is 25.4 Å². The lowest BCUT2D eigenvalue weighted by molar-refractivity contribution is -0.116. The van der Waals surface area contributed by atoms with Gasteiger partial charge in [-0.1, -0.05) is 23.8 Å². The van der Waals surface area contributed by atoms with Crippen LogP contribution in [0.3, 0.4) is 0 Å². The smallest absolute Gasteiger partial charge is 0.274 e. The molecule has 2 aromatic rings. The van der Waals surface area contributed by atoms with Crippen LogP contribution in [0.15, 0.2) is 41.3 Å². The number of carbonyl (C=O) groups excluding carboxylic acids is 1. The maximum atomic E-state index is 12.0. The van der Waals surface area contributed by atoms with Crippen LogP contribution in [-0.4, -0.2) is 10.5 Å². The Kier molecular flexibility index (Phi) is 4.58. The van der Waals surface area contributed by atoms with E-state index in [1.807, 2.05) is 13.0 Å². The number of aryl methyl sites for hydroxylation is 4. The van der Waals surface area contributed by atoms with Gasteiger partial charge in [0.2, 0.25) is 5.91 Å². The molecule has 0 aliphatic heterocycles. The second-order valence-corrected chi connectivity index (χ2v) is 5.32. The molecular weight excluding hydrogens is 264 g/mol. The molecule has 1 N–H and O–H groups in total. The number of pyridine rings is 1. The Morgan fingerprint density at radius 1 is 1.24 bits per heavy atom. The van der Waals surface area contributed by atoms with Gasteiger partial charge in [0, 0.05) is 19.7 Å². The van der Waals surface area contributed by atoms with E-state index in [1.165, 1.54) is 15.7 Å². The Labute approximate surface area is 124 Å². The Morgan fingerprint density at radius 2 is 2.00 bits per heavy atom. The predicted molar refractivity (Wildman–Crippen MR) is 84.5 cm³/mol. The number of benzene rings is 1. The molecule has 0 saturated carbocycles. The topological polar surface area (TPSA) is 51.1 Å². The van der Waals surface area contributed by atoms with Gasteiger partial charge in [0.1, 0.15) is 5.69 Å². The number of anilines is 1.